The number of aliphatic hydroxyl groups is 1. The van der Waals surface area contributed by atoms with Crippen LogP contribution in [-0.2, 0) is 11.3 Å². The van der Waals surface area contributed by atoms with Crippen molar-refractivity contribution in [1.82, 2.24) is 14.9 Å². The minimum Gasteiger partial charge on any atom is -0.450 e. The van der Waals surface area contributed by atoms with E-state index in [9.17, 15) is 4.79 Å². The largest absolute Gasteiger partial charge is 0.450 e. The first-order chi connectivity index (χ1) is 10.9. The molecule has 1 amide bonds. The van der Waals surface area contributed by atoms with Gasteiger partial charge in [-0.15, -0.1) is 0 Å². The van der Waals surface area contributed by atoms with Gasteiger partial charge in [-0.05, 0) is 30.4 Å². The highest BCUT2D eigenvalue weighted by Gasteiger charge is 2.25. The van der Waals surface area contributed by atoms with Gasteiger partial charge in [0, 0.05) is 33.6 Å². The van der Waals surface area contributed by atoms with Gasteiger partial charge in [-0.25, -0.2) is 14.8 Å². The zero-order valence-electron chi connectivity index (χ0n) is 14.3. The van der Waals surface area contributed by atoms with Gasteiger partial charge in [0.1, 0.15) is 6.61 Å². The van der Waals surface area contributed by atoms with Crippen LogP contribution < -0.4 is 0 Å². The molecule has 0 saturated carbocycles. The monoisotopic (exact) mass is 337 g/mol. The highest BCUT2D eigenvalue weighted by Crippen LogP contribution is 2.27. The highest BCUT2D eigenvalue weighted by molar-refractivity contribution is 6.76. The van der Waals surface area contributed by atoms with Gasteiger partial charge in [0.2, 0.25) is 0 Å². The van der Waals surface area contributed by atoms with Crippen LogP contribution in [0.5, 0.6) is 0 Å². The summed E-state index contributed by atoms with van der Waals surface area (Å²) in [7, 11) is -1.16. The molecule has 23 heavy (non-hydrogen) atoms. The van der Waals surface area contributed by atoms with Gasteiger partial charge in [-0.2, -0.15) is 0 Å². The Hall–Kier alpha value is -1.47. The van der Waals surface area contributed by atoms with Gasteiger partial charge in [0.05, 0.1) is 6.61 Å². The molecule has 0 bridgehead atoms. The number of hydrogen-bond acceptors (Lipinski definition) is 5. The number of aliphatic hydroxyl groups excluding tert-OH is 1. The number of amides is 1. The predicted molar refractivity (Wildman–Crippen MR) is 91.0 cm³/mol. The van der Waals surface area contributed by atoms with Crippen LogP contribution in [0.25, 0.3) is 0 Å². The molecule has 2 rings (SSSR count). The van der Waals surface area contributed by atoms with E-state index in [1.165, 1.54) is 0 Å². The van der Waals surface area contributed by atoms with Crippen LogP contribution in [0.4, 0.5) is 4.79 Å². The molecule has 1 fully saturated rings. The Morgan fingerprint density at radius 3 is 2.43 bits per heavy atom. The van der Waals surface area contributed by atoms with Crippen molar-refractivity contribution < 1.29 is 14.6 Å². The zero-order valence-corrected chi connectivity index (χ0v) is 15.3. The normalized spacial score (nSPS) is 16.4. The molecule has 0 radical (unpaired) electrons. The van der Waals surface area contributed by atoms with Gasteiger partial charge in [0.25, 0.3) is 0 Å². The van der Waals surface area contributed by atoms with Crippen molar-refractivity contribution >= 4 is 14.2 Å². The van der Waals surface area contributed by atoms with E-state index in [0.29, 0.717) is 31.4 Å². The van der Waals surface area contributed by atoms with Crippen LogP contribution in [0.15, 0.2) is 12.4 Å². The minimum absolute atomic E-state index is 0.137. The van der Waals surface area contributed by atoms with Crippen LogP contribution in [0.1, 0.15) is 30.1 Å². The maximum Gasteiger partial charge on any atom is 0.409 e. The topological polar surface area (TPSA) is 75.5 Å². The van der Waals surface area contributed by atoms with Crippen molar-refractivity contribution in [3.63, 3.8) is 0 Å². The number of hydrogen-bond donors (Lipinski definition) is 1. The van der Waals surface area contributed by atoms with Gasteiger partial charge in [-0.3, -0.25) is 0 Å². The molecular formula is C16H27N3O3Si. The Kier molecular flexibility index (Phi) is 6.12. The molecular weight excluding hydrogens is 310 g/mol. The quantitative estimate of drug-likeness (QED) is 0.836. The lowest BCUT2D eigenvalue weighted by atomic mass is 9.91. The maximum absolute atomic E-state index is 12.1. The second-order valence-corrected chi connectivity index (χ2v) is 12.9. The molecule has 128 valence electrons. The molecule has 1 aromatic rings. The molecule has 7 heteroatoms. The van der Waals surface area contributed by atoms with Crippen molar-refractivity contribution in [2.75, 3.05) is 19.7 Å². The Labute approximate surface area is 138 Å². The Morgan fingerprint density at radius 1 is 1.30 bits per heavy atom. The van der Waals surface area contributed by atoms with Crippen molar-refractivity contribution in [2.24, 2.45) is 0 Å². The lowest BCUT2D eigenvalue weighted by molar-refractivity contribution is 0.0968. The van der Waals surface area contributed by atoms with E-state index in [4.69, 9.17) is 9.84 Å². The number of carbonyl (C=O) groups is 1. The second-order valence-electron chi connectivity index (χ2n) is 7.28. The average Bonchev–Trinajstić information content (AvgIpc) is 2.54. The molecule has 2 heterocycles. The van der Waals surface area contributed by atoms with Crippen molar-refractivity contribution in [3.8, 4) is 0 Å². The molecule has 1 aromatic heterocycles. The van der Waals surface area contributed by atoms with E-state index in [-0.39, 0.29) is 12.7 Å². The SMILES string of the molecule is C[Si](C)(C)CCOC(=O)N1CCC(c2cnc(CO)nc2)CC1. The summed E-state index contributed by atoms with van der Waals surface area (Å²) >= 11 is 0. The lowest BCUT2D eigenvalue weighted by Crippen LogP contribution is -2.39. The van der Waals surface area contributed by atoms with Crippen LogP contribution in [0.3, 0.4) is 0 Å². The fourth-order valence-corrected chi connectivity index (χ4v) is 3.30. The van der Waals surface area contributed by atoms with E-state index in [1.807, 2.05) is 0 Å². The predicted octanol–water partition coefficient (Wildman–Crippen LogP) is 2.62. The summed E-state index contributed by atoms with van der Waals surface area (Å²) in [5.74, 6) is 0.811. The third-order valence-electron chi connectivity index (χ3n) is 4.17. The number of aromatic nitrogens is 2. The van der Waals surface area contributed by atoms with Gasteiger partial charge in [0.15, 0.2) is 5.82 Å². The molecule has 1 N–H and O–H groups in total. The first-order valence-corrected chi connectivity index (χ1v) is 11.9. The Balaban J connectivity index is 1.77. The second kappa shape index (κ2) is 7.87. The highest BCUT2D eigenvalue weighted by atomic mass is 28.3. The van der Waals surface area contributed by atoms with E-state index in [2.05, 4.69) is 29.6 Å². The zero-order chi connectivity index (χ0) is 16.9. The third-order valence-corrected chi connectivity index (χ3v) is 5.87. The third kappa shape index (κ3) is 5.58. The number of likely N-dealkylation sites (tertiary alicyclic amines) is 1. The van der Waals surface area contributed by atoms with Crippen LogP contribution in [0, 0.1) is 0 Å². The number of carbonyl (C=O) groups excluding carboxylic acids is 1. The van der Waals surface area contributed by atoms with E-state index < -0.39 is 8.07 Å². The summed E-state index contributed by atoms with van der Waals surface area (Å²) in [6, 6.07) is 1.00. The summed E-state index contributed by atoms with van der Waals surface area (Å²) in [6.45, 7) is 8.63. The standard InChI is InChI=1S/C16H27N3O3Si/c1-23(2,3)9-8-22-16(21)19-6-4-13(5-7-19)14-10-17-15(12-20)18-11-14/h10-11,13,20H,4-9,12H2,1-3H3. The van der Waals surface area contributed by atoms with E-state index in [1.54, 1.807) is 17.3 Å². The molecule has 0 aliphatic carbocycles. The lowest BCUT2D eigenvalue weighted by Gasteiger charge is -2.31. The van der Waals surface area contributed by atoms with Crippen LogP contribution in [-0.4, -0.2) is 53.8 Å². The Morgan fingerprint density at radius 2 is 1.91 bits per heavy atom. The molecule has 1 saturated heterocycles. The molecule has 0 spiro atoms. The van der Waals surface area contributed by atoms with E-state index >= 15 is 0 Å². The number of rotatable bonds is 5. The summed E-state index contributed by atoms with van der Waals surface area (Å²) in [5, 5.41) is 8.98. The number of nitrogens with zero attached hydrogens (tertiary/aromatic N) is 3. The van der Waals surface area contributed by atoms with Crippen molar-refractivity contribution in [1.29, 1.82) is 0 Å². The smallest absolute Gasteiger partial charge is 0.409 e. The van der Waals surface area contributed by atoms with Crippen molar-refractivity contribution in [3.05, 3.63) is 23.8 Å². The van der Waals surface area contributed by atoms with Crippen molar-refractivity contribution in [2.45, 2.75) is 51.1 Å². The molecule has 1 aliphatic rings. The molecule has 1 aliphatic heterocycles. The minimum atomic E-state index is -1.16. The molecule has 6 nitrogen and oxygen atoms in total. The van der Waals surface area contributed by atoms with Gasteiger partial charge < -0.3 is 14.7 Å². The number of piperidine rings is 1. The average molecular weight is 337 g/mol. The molecule has 0 aromatic carbocycles. The molecule has 0 atom stereocenters. The van der Waals surface area contributed by atoms with Crippen LogP contribution in [0.2, 0.25) is 25.7 Å². The Bertz CT molecular complexity index is 508. The maximum atomic E-state index is 12.1. The summed E-state index contributed by atoms with van der Waals surface area (Å²) in [5.41, 5.74) is 1.08. The van der Waals surface area contributed by atoms with Gasteiger partial charge >= 0.3 is 6.09 Å². The first-order valence-electron chi connectivity index (χ1n) is 8.22. The summed E-state index contributed by atoms with van der Waals surface area (Å²) in [6.07, 6.45) is 5.17. The van der Waals surface area contributed by atoms with Gasteiger partial charge in [-0.1, -0.05) is 19.6 Å². The fraction of sp³-hybridized carbons (Fsp3) is 0.688. The molecule has 0 unspecified atom stereocenters. The van der Waals surface area contributed by atoms with E-state index in [0.717, 1.165) is 24.4 Å². The first kappa shape index (κ1) is 17.9. The number of ether oxygens (including phenoxy) is 1. The van der Waals surface area contributed by atoms with Crippen LogP contribution >= 0.6 is 0 Å². The summed E-state index contributed by atoms with van der Waals surface area (Å²) in [4.78, 5) is 22.1. The fourth-order valence-electron chi connectivity index (χ4n) is 2.59. The summed E-state index contributed by atoms with van der Waals surface area (Å²) < 4.78 is 5.40.